The van der Waals surface area contributed by atoms with E-state index >= 15 is 0 Å². The molecule has 0 spiro atoms. The van der Waals surface area contributed by atoms with Crippen LogP contribution in [0.1, 0.15) is 18.5 Å². The zero-order valence-electron chi connectivity index (χ0n) is 15.0. The van der Waals surface area contributed by atoms with E-state index < -0.39 is 0 Å². The first kappa shape index (κ1) is 17.9. The predicted molar refractivity (Wildman–Crippen MR) is 110 cm³/mol. The van der Waals surface area contributed by atoms with Crippen LogP contribution in [0.25, 0.3) is 10.9 Å². The highest BCUT2D eigenvalue weighted by atomic mass is 79.9. The van der Waals surface area contributed by atoms with E-state index in [2.05, 4.69) is 41.1 Å². The Balaban J connectivity index is 1.55. The Kier molecular flexibility index (Phi) is 5.03. The molecular formula is C20H20BrN5O. The molecule has 0 aliphatic carbocycles. The number of hydrogen-bond acceptors (Lipinski definition) is 5. The molecule has 0 saturated carbocycles. The lowest BCUT2D eigenvalue weighted by atomic mass is 9.97. The summed E-state index contributed by atoms with van der Waals surface area (Å²) in [6.45, 7) is 3.43. The first-order valence-electron chi connectivity index (χ1n) is 9.00. The topological polar surface area (TPSA) is 71.0 Å². The van der Waals surface area contributed by atoms with Crippen LogP contribution in [0.15, 0.2) is 47.2 Å². The second kappa shape index (κ2) is 7.60. The predicted octanol–water partition coefficient (Wildman–Crippen LogP) is 3.95. The van der Waals surface area contributed by atoms with Gasteiger partial charge in [-0.25, -0.2) is 15.0 Å². The highest BCUT2D eigenvalue weighted by Gasteiger charge is 2.27. The fraction of sp³-hybridized carbons (Fsp3) is 0.300. The Morgan fingerprint density at radius 3 is 3.00 bits per heavy atom. The number of fused-ring (bicyclic) bond motifs is 1. The second-order valence-electron chi connectivity index (χ2n) is 6.80. The van der Waals surface area contributed by atoms with E-state index in [-0.39, 0.29) is 11.8 Å². The molecule has 7 heteroatoms. The van der Waals surface area contributed by atoms with Crippen LogP contribution in [0.5, 0.6) is 0 Å². The summed E-state index contributed by atoms with van der Waals surface area (Å²) in [6, 6.07) is 11.6. The molecule has 1 N–H and O–H groups in total. The summed E-state index contributed by atoms with van der Waals surface area (Å²) in [5.41, 5.74) is 1.79. The summed E-state index contributed by atoms with van der Waals surface area (Å²) in [7, 11) is 0. The number of aromatic nitrogens is 3. The highest BCUT2D eigenvalue weighted by molar-refractivity contribution is 9.10. The number of nitrogens with one attached hydrogen (secondary N) is 1. The van der Waals surface area contributed by atoms with E-state index in [1.807, 2.05) is 43.3 Å². The lowest BCUT2D eigenvalue weighted by Crippen LogP contribution is -2.41. The number of hydrogen-bond donors (Lipinski definition) is 1. The van der Waals surface area contributed by atoms with Crippen LogP contribution in [0, 0.1) is 12.8 Å². The minimum Gasteiger partial charge on any atom is -0.355 e. The lowest BCUT2D eigenvalue weighted by molar-refractivity contribution is -0.120. The molecule has 1 saturated heterocycles. The zero-order valence-corrected chi connectivity index (χ0v) is 16.6. The molecule has 4 rings (SSSR count). The first-order valence-corrected chi connectivity index (χ1v) is 9.79. The van der Waals surface area contributed by atoms with Crippen molar-refractivity contribution in [2.45, 2.75) is 19.8 Å². The number of anilines is 2. The third-order valence-corrected chi connectivity index (χ3v) is 5.30. The van der Waals surface area contributed by atoms with E-state index in [9.17, 15) is 4.79 Å². The molecule has 1 aliphatic rings. The smallest absolute Gasteiger partial charge is 0.230 e. The SMILES string of the molecule is Cc1cccc(NC(=O)C2CCCN(c3ncnc4ccc(Br)cc34)C2)n1. The molecule has 3 heterocycles. The average Bonchev–Trinajstić information content (AvgIpc) is 2.67. The van der Waals surface area contributed by atoms with Gasteiger partial charge in [0.05, 0.1) is 11.4 Å². The van der Waals surface area contributed by atoms with Crippen molar-refractivity contribution in [2.75, 3.05) is 23.3 Å². The molecule has 0 radical (unpaired) electrons. The first-order chi connectivity index (χ1) is 13.1. The number of benzene rings is 1. The number of aryl methyl sites for hydroxylation is 1. The van der Waals surface area contributed by atoms with Crippen LogP contribution in [0.4, 0.5) is 11.6 Å². The summed E-state index contributed by atoms with van der Waals surface area (Å²) in [6.07, 6.45) is 3.39. The maximum absolute atomic E-state index is 12.8. The molecule has 3 aromatic rings. The van der Waals surface area contributed by atoms with E-state index in [1.165, 1.54) is 0 Å². The third-order valence-electron chi connectivity index (χ3n) is 4.81. The number of piperidine rings is 1. The van der Waals surface area contributed by atoms with Gasteiger partial charge in [0.2, 0.25) is 5.91 Å². The van der Waals surface area contributed by atoms with Gasteiger partial charge >= 0.3 is 0 Å². The molecule has 1 aliphatic heterocycles. The molecular weight excluding hydrogens is 406 g/mol. The maximum atomic E-state index is 12.8. The Labute approximate surface area is 166 Å². The van der Waals surface area contributed by atoms with Crippen LogP contribution in [-0.4, -0.2) is 33.9 Å². The van der Waals surface area contributed by atoms with Crippen LogP contribution in [0.2, 0.25) is 0 Å². The van der Waals surface area contributed by atoms with Gasteiger partial charge in [0, 0.05) is 28.6 Å². The van der Waals surface area contributed by atoms with Gasteiger partial charge in [0.1, 0.15) is 18.0 Å². The van der Waals surface area contributed by atoms with E-state index in [4.69, 9.17) is 0 Å². The largest absolute Gasteiger partial charge is 0.355 e. The Bertz CT molecular complexity index is 993. The van der Waals surface area contributed by atoms with Crippen molar-refractivity contribution < 1.29 is 4.79 Å². The fourth-order valence-corrected chi connectivity index (χ4v) is 3.85. The van der Waals surface area contributed by atoms with E-state index in [0.717, 1.165) is 46.3 Å². The van der Waals surface area contributed by atoms with Crippen LogP contribution in [0.3, 0.4) is 0 Å². The van der Waals surface area contributed by atoms with E-state index in [1.54, 1.807) is 6.33 Å². The summed E-state index contributed by atoms with van der Waals surface area (Å²) >= 11 is 3.52. The fourth-order valence-electron chi connectivity index (χ4n) is 3.49. The number of halogens is 1. The third kappa shape index (κ3) is 3.93. The van der Waals surface area contributed by atoms with Crippen molar-refractivity contribution in [3.8, 4) is 0 Å². The summed E-state index contributed by atoms with van der Waals surface area (Å²) in [5, 5.41) is 3.95. The van der Waals surface area contributed by atoms with Gasteiger partial charge in [-0.2, -0.15) is 0 Å². The summed E-state index contributed by atoms with van der Waals surface area (Å²) < 4.78 is 0.989. The Hall–Kier alpha value is -2.54. The van der Waals surface area contributed by atoms with Crippen LogP contribution < -0.4 is 10.2 Å². The van der Waals surface area contributed by atoms with Gasteiger partial charge in [-0.3, -0.25) is 4.79 Å². The minimum absolute atomic E-state index is 0.0114. The number of carbonyl (C=O) groups excluding carboxylic acids is 1. The summed E-state index contributed by atoms with van der Waals surface area (Å²) in [5.74, 6) is 1.40. The van der Waals surface area contributed by atoms with Gasteiger partial charge in [0.25, 0.3) is 0 Å². The lowest BCUT2D eigenvalue weighted by Gasteiger charge is -2.33. The molecule has 2 aromatic heterocycles. The van der Waals surface area contributed by atoms with Crippen molar-refractivity contribution >= 4 is 44.4 Å². The van der Waals surface area contributed by atoms with Crippen molar-refractivity contribution in [1.82, 2.24) is 15.0 Å². The maximum Gasteiger partial charge on any atom is 0.230 e. The Morgan fingerprint density at radius 2 is 2.15 bits per heavy atom. The quantitative estimate of drug-likeness (QED) is 0.687. The minimum atomic E-state index is -0.0989. The van der Waals surface area contributed by atoms with Crippen LogP contribution >= 0.6 is 15.9 Å². The molecule has 1 atom stereocenters. The average molecular weight is 426 g/mol. The normalized spacial score (nSPS) is 17.1. The molecule has 6 nitrogen and oxygen atoms in total. The number of rotatable bonds is 3. The number of pyridine rings is 1. The molecule has 1 fully saturated rings. The Morgan fingerprint density at radius 1 is 1.26 bits per heavy atom. The number of carbonyl (C=O) groups is 1. The summed E-state index contributed by atoms with van der Waals surface area (Å²) in [4.78, 5) is 28.2. The van der Waals surface area contributed by atoms with Crippen molar-refractivity contribution in [2.24, 2.45) is 5.92 Å². The zero-order chi connectivity index (χ0) is 18.8. The number of amides is 1. The number of nitrogens with zero attached hydrogens (tertiary/aromatic N) is 4. The van der Waals surface area contributed by atoms with Gasteiger partial charge < -0.3 is 10.2 Å². The van der Waals surface area contributed by atoms with Gasteiger partial charge in [-0.1, -0.05) is 22.0 Å². The highest BCUT2D eigenvalue weighted by Crippen LogP contribution is 2.29. The molecule has 1 aromatic carbocycles. The van der Waals surface area contributed by atoms with Crippen molar-refractivity contribution in [1.29, 1.82) is 0 Å². The molecule has 0 bridgehead atoms. The monoisotopic (exact) mass is 425 g/mol. The van der Waals surface area contributed by atoms with Gasteiger partial charge in [0.15, 0.2) is 0 Å². The van der Waals surface area contributed by atoms with Crippen LogP contribution in [-0.2, 0) is 4.79 Å². The van der Waals surface area contributed by atoms with E-state index in [0.29, 0.717) is 12.4 Å². The molecule has 1 unspecified atom stereocenters. The van der Waals surface area contributed by atoms with Crippen molar-refractivity contribution in [3.63, 3.8) is 0 Å². The second-order valence-corrected chi connectivity index (χ2v) is 7.71. The van der Waals surface area contributed by atoms with Crippen molar-refractivity contribution in [3.05, 3.63) is 52.9 Å². The van der Waals surface area contributed by atoms with Gasteiger partial charge in [-0.05, 0) is 50.1 Å². The standard InChI is InChI=1S/C20H20BrN5O/c1-13-4-2-6-18(24-13)25-20(27)14-5-3-9-26(11-14)19-16-10-15(21)7-8-17(16)22-12-23-19/h2,4,6-8,10,12,14H,3,5,9,11H2,1H3,(H,24,25,27). The molecule has 1 amide bonds. The molecule has 138 valence electrons. The van der Waals surface area contributed by atoms with Gasteiger partial charge in [-0.15, -0.1) is 0 Å². The molecule has 27 heavy (non-hydrogen) atoms.